The van der Waals surface area contributed by atoms with Crippen LogP contribution in [0, 0.1) is 19.8 Å². The molecule has 1 aromatic carbocycles. The molecule has 0 atom stereocenters. The molecule has 23 heavy (non-hydrogen) atoms. The minimum absolute atomic E-state index is 0.418. The van der Waals surface area contributed by atoms with E-state index < -0.39 is 11.1 Å². The zero-order valence-corrected chi connectivity index (χ0v) is 13.9. The van der Waals surface area contributed by atoms with Crippen molar-refractivity contribution in [2.75, 3.05) is 0 Å². The number of hydrogen-bond acceptors (Lipinski definition) is 2. The summed E-state index contributed by atoms with van der Waals surface area (Å²) in [5, 5.41) is 0. The third kappa shape index (κ3) is 3.31. The van der Waals surface area contributed by atoms with E-state index >= 15 is 0 Å². The number of nitrogens with zero attached hydrogens (tertiary/aromatic N) is 2. The Bertz CT molecular complexity index is 811. The van der Waals surface area contributed by atoms with E-state index in [-0.39, 0.29) is 0 Å². The molecule has 4 nitrogen and oxygen atoms in total. The molecule has 0 aliphatic heterocycles. The average molecular weight is 312 g/mol. The molecule has 0 unspecified atom stereocenters. The maximum Gasteiger partial charge on any atom is 0.320 e. The first-order valence-electron chi connectivity index (χ1n) is 8.46. The van der Waals surface area contributed by atoms with Crippen LogP contribution in [0.5, 0.6) is 0 Å². The highest BCUT2D eigenvalue weighted by Gasteiger charge is 2.16. The number of rotatable bonds is 3. The molecule has 0 radical (unpaired) electrons. The first kappa shape index (κ1) is 15.8. The molecule has 1 heterocycles. The molecule has 1 aliphatic rings. The van der Waals surface area contributed by atoms with Gasteiger partial charge in [0.2, 0.25) is 0 Å². The fourth-order valence-corrected chi connectivity index (χ4v) is 3.47. The van der Waals surface area contributed by atoms with Crippen molar-refractivity contribution >= 4 is 0 Å². The monoisotopic (exact) mass is 312 g/mol. The van der Waals surface area contributed by atoms with Gasteiger partial charge >= 0.3 is 11.1 Å². The highest BCUT2D eigenvalue weighted by atomic mass is 16.2. The summed E-state index contributed by atoms with van der Waals surface area (Å²) in [5.74, 6) is 0.525. The van der Waals surface area contributed by atoms with Crippen molar-refractivity contribution < 1.29 is 0 Å². The molecule has 1 fully saturated rings. The zero-order chi connectivity index (χ0) is 16.4. The van der Waals surface area contributed by atoms with E-state index in [1.165, 1.54) is 23.8 Å². The summed E-state index contributed by atoms with van der Waals surface area (Å²) in [6, 6.07) is 5.93. The van der Waals surface area contributed by atoms with Gasteiger partial charge in [0.05, 0.1) is 5.69 Å². The Labute approximate surface area is 136 Å². The Balaban J connectivity index is 1.96. The predicted octanol–water partition coefficient (Wildman–Crippen LogP) is 3.20. The molecule has 1 saturated carbocycles. The van der Waals surface area contributed by atoms with Gasteiger partial charge in [0.25, 0.3) is 0 Å². The van der Waals surface area contributed by atoms with Crippen LogP contribution in [0.4, 0.5) is 0 Å². The Morgan fingerprint density at radius 2 is 1.74 bits per heavy atom. The largest absolute Gasteiger partial charge is 0.320 e. The molecule has 0 amide bonds. The molecule has 2 aromatic rings. The van der Waals surface area contributed by atoms with E-state index in [0.717, 1.165) is 29.7 Å². The van der Waals surface area contributed by atoms with Gasteiger partial charge in [-0.3, -0.25) is 14.2 Å². The summed E-state index contributed by atoms with van der Waals surface area (Å²) in [7, 11) is 0. The van der Waals surface area contributed by atoms with Gasteiger partial charge in [-0.05, 0) is 49.8 Å². The topological polar surface area (TPSA) is 44.0 Å². The van der Waals surface area contributed by atoms with Crippen LogP contribution >= 0.6 is 0 Å². The quantitative estimate of drug-likeness (QED) is 0.817. The highest BCUT2D eigenvalue weighted by Crippen LogP contribution is 2.24. The average Bonchev–Trinajstić information content (AvgIpc) is 2.56. The lowest BCUT2D eigenvalue weighted by atomic mass is 9.89. The van der Waals surface area contributed by atoms with Gasteiger partial charge in [0.1, 0.15) is 0 Å². The first-order valence-corrected chi connectivity index (χ1v) is 8.46. The molecule has 0 spiro atoms. The Kier molecular flexibility index (Phi) is 4.51. The normalized spacial score (nSPS) is 15.7. The van der Waals surface area contributed by atoms with Crippen LogP contribution in [0.25, 0.3) is 5.69 Å². The summed E-state index contributed by atoms with van der Waals surface area (Å²) >= 11 is 0. The maximum atomic E-state index is 12.5. The maximum absolute atomic E-state index is 12.5. The van der Waals surface area contributed by atoms with Gasteiger partial charge in [-0.1, -0.05) is 31.4 Å². The summed E-state index contributed by atoms with van der Waals surface area (Å²) < 4.78 is 3.07. The molecular formula is C19H24N2O2. The molecule has 1 aromatic heterocycles. The summed E-state index contributed by atoms with van der Waals surface area (Å²) in [6.45, 7) is 4.61. The Hall–Kier alpha value is -2.10. The van der Waals surface area contributed by atoms with Crippen LogP contribution in [0.2, 0.25) is 0 Å². The highest BCUT2D eigenvalue weighted by molar-refractivity contribution is 5.42. The minimum atomic E-state index is -0.461. The Morgan fingerprint density at radius 1 is 1.00 bits per heavy atom. The second-order valence-electron chi connectivity index (χ2n) is 6.72. The molecule has 122 valence electrons. The summed E-state index contributed by atoms with van der Waals surface area (Å²) in [4.78, 5) is 25.0. The van der Waals surface area contributed by atoms with Gasteiger partial charge in [-0.2, -0.15) is 0 Å². The van der Waals surface area contributed by atoms with Crippen molar-refractivity contribution in [1.29, 1.82) is 0 Å². The number of aromatic nitrogens is 2. The second-order valence-corrected chi connectivity index (χ2v) is 6.72. The van der Waals surface area contributed by atoms with Gasteiger partial charge in [-0.15, -0.1) is 0 Å². The molecule has 0 bridgehead atoms. The fourth-order valence-electron chi connectivity index (χ4n) is 3.47. The van der Waals surface area contributed by atoms with Crippen LogP contribution in [0.15, 0.2) is 40.2 Å². The van der Waals surface area contributed by atoms with Gasteiger partial charge < -0.3 is 4.57 Å². The lowest BCUT2D eigenvalue weighted by molar-refractivity contribution is 0.315. The fraction of sp³-hybridized carbons (Fsp3) is 0.474. The molecule has 3 rings (SSSR count). The van der Waals surface area contributed by atoms with Gasteiger partial charge in [0, 0.05) is 18.9 Å². The molecule has 4 heteroatoms. The van der Waals surface area contributed by atoms with Crippen molar-refractivity contribution in [2.24, 2.45) is 5.92 Å². The lowest BCUT2D eigenvalue weighted by Crippen LogP contribution is -2.41. The number of aryl methyl sites for hydroxylation is 2. The molecular weight excluding hydrogens is 288 g/mol. The smallest absolute Gasteiger partial charge is 0.309 e. The van der Waals surface area contributed by atoms with Gasteiger partial charge in [0.15, 0.2) is 0 Å². The molecule has 1 aliphatic carbocycles. The van der Waals surface area contributed by atoms with Gasteiger partial charge in [-0.25, -0.2) is 0 Å². The van der Waals surface area contributed by atoms with E-state index in [1.807, 2.05) is 32.0 Å². The minimum Gasteiger partial charge on any atom is -0.309 e. The van der Waals surface area contributed by atoms with Crippen molar-refractivity contribution in [3.63, 3.8) is 0 Å². The van der Waals surface area contributed by atoms with Crippen molar-refractivity contribution in [2.45, 2.75) is 52.5 Å². The van der Waals surface area contributed by atoms with Crippen molar-refractivity contribution in [3.05, 3.63) is 62.4 Å². The first-order chi connectivity index (χ1) is 11.1. The standard InChI is InChI=1S/C19H24N2O2/c1-14-8-9-15(2)17(12-14)21-11-10-20(18(22)19(21)23)13-16-6-4-3-5-7-16/h8-12,16H,3-7,13H2,1-2H3. The van der Waals surface area contributed by atoms with E-state index in [2.05, 4.69) is 0 Å². The van der Waals surface area contributed by atoms with Crippen LogP contribution in [0.1, 0.15) is 43.2 Å². The van der Waals surface area contributed by atoms with Crippen LogP contribution < -0.4 is 11.1 Å². The summed E-state index contributed by atoms with van der Waals surface area (Å²) in [6.07, 6.45) is 9.57. The van der Waals surface area contributed by atoms with Crippen LogP contribution in [-0.4, -0.2) is 9.13 Å². The summed E-state index contributed by atoms with van der Waals surface area (Å²) in [5.41, 5.74) is 1.97. The third-order valence-corrected chi connectivity index (χ3v) is 4.86. The van der Waals surface area contributed by atoms with Crippen LogP contribution in [0.3, 0.4) is 0 Å². The van der Waals surface area contributed by atoms with E-state index in [9.17, 15) is 9.59 Å². The number of benzene rings is 1. The van der Waals surface area contributed by atoms with E-state index in [4.69, 9.17) is 0 Å². The van der Waals surface area contributed by atoms with E-state index in [0.29, 0.717) is 12.5 Å². The molecule has 0 N–H and O–H groups in total. The van der Waals surface area contributed by atoms with Crippen LogP contribution in [-0.2, 0) is 6.54 Å². The number of hydrogen-bond donors (Lipinski definition) is 0. The predicted molar refractivity (Wildman–Crippen MR) is 92.3 cm³/mol. The van der Waals surface area contributed by atoms with Crippen molar-refractivity contribution in [3.8, 4) is 5.69 Å². The molecule has 0 saturated heterocycles. The van der Waals surface area contributed by atoms with Crippen molar-refractivity contribution in [1.82, 2.24) is 9.13 Å². The van der Waals surface area contributed by atoms with E-state index in [1.54, 1.807) is 17.0 Å². The Morgan fingerprint density at radius 3 is 2.48 bits per heavy atom. The second kappa shape index (κ2) is 6.57. The SMILES string of the molecule is Cc1ccc(C)c(-n2ccn(CC3CCCCC3)c(=O)c2=O)c1. The zero-order valence-electron chi connectivity index (χ0n) is 13.9. The lowest BCUT2D eigenvalue weighted by Gasteiger charge is -2.22. The third-order valence-electron chi connectivity index (χ3n) is 4.86.